The number of alkyl halides is 6. The topological polar surface area (TPSA) is 39.7 Å². The van der Waals surface area contributed by atoms with Crippen molar-refractivity contribution in [1.82, 2.24) is 10.6 Å². The molecule has 0 saturated heterocycles. The Labute approximate surface area is 238 Å². The summed E-state index contributed by atoms with van der Waals surface area (Å²) in [4.78, 5) is 5.82. The number of nitrogens with zero attached hydrogens (tertiary/aromatic N) is 2. The minimum absolute atomic E-state index is 0.00133. The van der Waals surface area contributed by atoms with Crippen LogP contribution in [0.25, 0.3) is 16.8 Å². The summed E-state index contributed by atoms with van der Waals surface area (Å²) < 4.78 is 89.6. The highest BCUT2D eigenvalue weighted by Crippen LogP contribution is 2.48. The van der Waals surface area contributed by atoms with Crippen LogP contribution in [0.2, 0.25) is 0 Å². The number of anilines is 1. The first kappa shape index (κ1) is 32.5. The SMILES string of the molecule is CCCC(CCC)NC1(C(F)(F)F)NC(CC)=C(c2ccc(-c3ccccc3)c(N(C)C)c2C(F)(F)F)N=C1CC. The van der Waals surface area contributed by atoms with Gasteiger partial charge in [0.25, 0.3) is 0 Å². The number of allylic oxidation sites excluding steroid dienone is 1. The van der Waals surface area contributed by atoms with Crippen LogP contribution in [0.4, 0.5) is 32.0 Å². The molecule has 0 spiro atoms. The van der Waals surface area contributed by atoms with Crippen molar-refractivity contribution in [3.63, 3.8) is 0 Å². The first-order valence-electron chi connectivity index (χ1n) is 14.2. The summed E-state index contributed by atoms with van der Waals surface area (Å²) in [7, 11) is 3.05. The average Bonchev–Trinajstić information content (AvgIpc) is 2.91. The van der Waals surface area contributed by atoms with Gasteiger partial charge >= 0.3 is 12.4 Å². The summed E-state index contributed by atoms with van der Waals surface area (Å²) in [6, 6.07) is 11.2. The van der Waals surface area contributed by atoms with Crippen LogP contribution in [-0.4, -0.2) is 37.7 Å². The van der Waals surface area contributed by atoms with Gasteiger partial charge in [-0.2, -0.15) is 26.3 Å². The quantitative estimate of drug-likeness (QED) is 0.260. The molecule has 4 nitrogen and oxygen atoms in total. The highest BCUT2D eigenvalue weighted by atomic mass is 19.4. The number of hydrogen-bond acceptors (Lipinski definition) is 4. The van der Waals surface area contributed by atoms with E-state index in [2.05, 4.69) is 15.6 Å². The molecule has 41 heavy (non-hydrogen) atoms. The Hall–Kier alpha value is -3.01. The van der Waals surface area contributed by atoms with Crippen LogP contribution in [0.3, 0.4) is 0 Å². The predicted molar refractivity (Wildman–Crippen MR) is 155 cm³/mol. The predicted octanol–water partition coefficient (Wildman–Crippen LogP) is 8.79. The molecular weight excluding hydrogens is 542 g/mol. The molecular formula is C31H40F6N4. The number of aliphatic imine (C=N–C) groups is 1. The zero-order valence-electron chi connectivity index (χ0n) is 24.5. The molecule has 0 aliphatic carbocycles. The van der Waals surface area contributed by atoms with Crippen molar-refractivity contribution >= 4 is 17.1 Å². The molecule has 1 heterocycles. The highest BCUT2D eigenvalue weighted by Gasteiger charge is 2.60. The van der Waals surface area contributed by atoms with E-state index in [1.54, 1.807) is 50.2 Å². The van der Waals surface area contributed by atoms with E-state index in [9.17, 15) is 26.3 Å². The third kappa shape index (κ3) is 6.58. The molecule has 2 aromatic carbocycles. The Balaban J connectivity index is 2.33. The maximum Gasteiger partial charge on any atom is 0.430 e. The lowest BCUT2D eigenvalue weighted by Gasteiger charge is -2.44. The molecule has 1 aliphatic rings. The number of halogens is 6. The fourth-order valence-corrected chi connectivity index (χ4v) is 5.58. The van der Waals surface area contributed by atoms with Crippen molar-refractivity contribution in [2.75, 3.05) is 19.0 Å². The second-order valence-corrected chi connectivity index (χ2v) is 10.5. The Bertz CT molecular complexity index is 1240. The summed E-state index contributed by atoms with van der Waals surface area (Å²) in [6.45, 7) is 6.97. The summed E-state index contributed by atoms with van der Waals surface area (Å²) in [5, 5.41) is 5.48. The molecule has 2 N–H and O–H groups in total. The van der Waals surface area contributed by atoms with Crippen LogP contribution in [0.5, 0.6) is 0 Å². The van der Waals surface area contributed by atoms with E-state index in [4.69, 9.17) is 0 Å². The van der Waals surface area contributed by atoms with Gasteiger partial charge in [-0.25, -0.2) is 0 Å². The Morgan fingerprint density at radius 3 is 1.90 bits per heavy atom. The van der Waals surface area contributed by atoms with Gasteiger partial charge in [0.2, 0.25) is 5.66 Å². The molecule has 1 aliphatic heterocycles. The van der Waals surface area contributed by atoms with Gasteiger partial charge in [-0.1, -0.05) is 83.0 Å². The minimum Gasteiger partial charge on any atom is -0.377 e. The Morgan fingerprint density at radius 2 is 1.44 bits per heavy atom. The number of hydrogen-bond donors (Lipinski definition) is 2. The van der Waals surface area contributed by atoms with E-state index in [1.807, 2.05) is 13.8 Å². The van der Waals surface area contributed by atoms with Crippen LogP contribution < -0.4 is 15.5 Å². The third-order valence-corrected chi connectivity index (χ3v) is 7.36. The molecule has 0 radical (unpaired) electrons. The van der Waals surface area contributed by atoms with Gasteiger partial charge in [-0.15, -0.1) is 0 Å². The molecule has 0 fully saturated rings. The second kappa shape index (κ2) is 12.9. The molecule has 226 valence electrons. The van der Waals surface area contributed by atoms with Crippen LogP contribution in [0.1, 0.15) is 77.3 Å². The van der Waals surface area contributed by atoms with E-state index in [1.165, 1.54) is 25.1 Å². The fourth-order valence-electron chi connectivity index (χ4n) is 5.58. The maximum absolute atomic E-state index is 15.0. The zero-order chi connectivity index (χ0) is 30.6. The van der Waals surface area contributed by atoms with E-state index >= 15 is 0 Å². The smallest absolute Gasteiger partial charge is 0.377 e. The van der Waals surface area contributed by atoms with E-state index in [-0.39, 0.29) is 41.2 Å². The molecule has 0 saturated carbocycles. The molecule has 1 atom stereocenters. The highest BCUT2D eigenvalue weighted by molar-refractivity contribution is 6.01. The lowest BCUT2D eigenvalue weighted by Crippen LogP contribution is -2.73. The van der Waals surface area contributed by atoms with Crippen molar-refractivity contribution in [2.24, 2.45) is 4.99 Å². The summed E-state index contributed by atoms with van der Waals surface area (Å²) in [5.74, 6) is 0. The molecule has 2 aromatic rings. The molecule has 1 unspecified atom stereocenters. The van der Waals surface area contributed by atoms with Crippen LogP contribution in [0, 0.1) is 0 Å². The molecule has 0 aromatic heterocycles. The van der Waals surface area contributed by atoms with E-state index < -0.39 is 29.6 Å². The molecule has 0 bridgehead atoms. The number of benzene rings is 2. The summed E-state index contributed by atoms with van der Waals surface area (Å²) >= 11 is 0. The van der Waals surface area contributed by atoms with Gasteiger partial charge in [0.1, 0.15) is 0 Å². The normalized spacial score (nSPS) is 18.0. The van der Waals surface area contributed by atoms with Crippen LogP contribution in [-0.2, 0) is 6.18 Å². The van der Waals surface area contributed by atoms with Gasteiger partial charge in [-0.3, -0.25) is 10.3 Å². The fraction of sp³-hybridized carbons (Fsp3) is 0.516. The second-order valence-electron chi connectivity index (χ2n) is 10.5. The largest absolute Gasteiger partial charge is 0.430 e. The molecule has 10 heteroatoms. The third-order valence-electron chi connectivity index (χ3n) is 7.36. The summed E-state index contributed by atoms with van der Waals surface area (Å²) in [6.07, 6.45) is -7.29. The van der Waals surface area contributed by atoms with Gasteiger partial charge in [0.05, 0.1) is 22.7 Å². The van der Waals surface area contributed by atoms with Crippen LogP contribution >= 0.6 is 0 Å². The van der Waals surface area contributed by atoms with E-state index in [0.29, 0.717) is 36.8 Å². The van der Waals surface area contributed by atoms with Crippen molar-refractivity contribution in [2.45, 2.75) is 90.3 Å². The first-order valence-corrected chi connectivity index (χ1v) is 14.2. The Morgan fingerprint density at radius 1 is 0.854 bits per heavy atom. The van der Waals surface area contributed by atoms with Crippen molar-refractivity contribution in [3.05, 3.63) is 59.3 Å². The zero-order valence-corrected chi connectivity index (χ0v) is 24.5. The molecule has 3 rings (SSSR count). The van der Waals surface area contributed by atoms with E-state index in [0.717, 1.165) is 0 Å². The maximum atomic E-state index is 15.0. The van der Waals surface area contributed by atoms with Crippen molar-refractivity contribution < 1.29 is 26.3 Å². The molecule has 0 amide bonds. The standard InChI is InChI=1S/C31H40F6N4/c1-7-14-21(15-8-2)39-29(31(35,36)37)25(10-4)38-27(24(9-3)40-29)23-19-18-22(20-16-12-11-13-17-20)28(41(5)6)26(23)30(32,33)34/h11-13,16-19,21,39-40H,7-10,14-15H2,1-6H3. The van der Waals surface area contributed by atoms with Crippen LogP contribution in [0.15, 0.2) is 53.2 Å². The minimum atomic E-state index is -4.81. The monoisotopic (exact) mass is 582 g/mol. The average molecular weight is 583 g/mol. The van der Waals surface area contributed by atoms with Crippen molar-refractivity contribution in [3.8, 4) is 11.1 Å². The van der Waals surface area contributed by atoms with Gasteiger partial charge in [-0.05, 0) is 31.2 Å². The number of nitrogens with one attached hydrogen (secondary N) is 2. The van der Waals surface area contributed by atoms with Gasteiger partial charge in [0.15, 0.2) is 0 Å². The first-order chi connectivity index (χ1) is 19.2. The lowest BCUT2D eigenvalue weighted by molar-refractivity contribution is -0.185. The van der Waals surface area contributed by atoms with Gasteiger partial charge in [0, 0.05) is 37.0 Å². The van der Waals surface area contributed by atoms with Crippen molar-refractivity contribution in [1.29, 1.82) is 0 Å². The summed E-state index contributed by atoms with van der Waals surface area (Å²) in [5.41, 5.74) is -3.41. The lowest BCUT2D eigenvalue weighted by atomic mass is 9.89. The van der Waals surface area contributed by atoms with Gasteiger partial charge < -0.3 is 10.2 Å². The Kier molecular flexibility index (Phi) is 10.2. The number of rotatable bonds is 11.